The van der Waals surface area contributed by atoms with Crippen molar-refractivity contribution in [3.63, 3.8) is 0 Å². The number of hydrogen-bond donors (Lipinski definition) is 0. The Kier molecular flexibility index (Phi) is 8.56. The molecule has 1 aliphatic heterocycles. The fourth-order valence-corrected chi connectivity index (χ4v) is 5.87. The Balaban J connectivity index is 1.49. The van der Waals surface area contributed by atoms with Crippen molar-refractivity contribution in [1.82, 2.24) is 9.21 Å². The van der Waals surface area contributed by atoms with Gasteiger partial charge in [-0.15, -0.1) is 0 Å². The third-order valence-electron chi connectivity index (χ3n) is 6.21. The maximum absolute atomic E-state index is 13.5. The van der Waals surface area contributed by atoms with Crippen LogP contribution < -0.4 is 4.90 Å². The SMILES string of the molecule is O=C(CN(Cc1ccc(Cl)c(Cl)c1)S(=O)(=O)c1ccccc1)N1CCN(c2cccc(C(F)(F)F)c2)CC1. The number of piperazine rings is 1. The summed E-state index contributed by atoms with van der Waals surface area (Å²) in [5.74, 6) is -0.409. The van der Waals surface area contributed by atoms with Crippen LogP contribution >= 0.6 is 23.2 Å². The minimum absolute atomic E-state index is 0.0437. The number of carbonyl (C=O) groups is 1. The highest BCUT2D eigenvalue weighted by atomic mass is 35.5. The molecule has 1 fully saturated rings. The van der Waals surface area contributed by atoms with Crippen LogP contribution in [-0.4, -0.2) is 56.3 Å². The Hall–Kier alpha value is -2.79. The van der Waals surface area contributed by atoms with E-state index in [9.17, 15) is 26.4 Å². The molecule has 1 amide bonds. The van der Waals surface area contributed by atoms with Gasteiger partial charge in [0.1, 0.15) is 0 Å². The van der Waals surface area contributed by atoms with Crippen molar-refractivity contribution in [3.8, 4) is 0 Å². The molecule has 0 aliphatic carbocycles. The number of halogens is 5. The number of hydrogen-bond acceptors (Lipinski definition) is 4. The first-order chi connectivity index (χ1) is 17.9. The first-order valence-electron chi connectivity index (χ1n) is 11.6. The van der Waals surface area contributed by atoms with Crippen LogP contribution in [0.1, 0.15) is 11.1 Å². The van der Waals surface area contributed by atoms with Gasteiger partial charge in [0.05, 0.1) is 27.0 Å². The third-order valence-corrected chi connectivity index (χ3v) is 8.75. The number of nitrogens with zero attached hydrogens (tertiary/aromatic N) is 3. The lowest BCUT2D eigenvalue weighted by Gasteiger charge is -2.37. The average Bonchev–Trinajstić information content (AvgIpc) is 2.90. The van der Waals surface area contributed by atoms with Crippen LogP contribution in [0.15, 0.2) is 77.7 Å². The van der Waals surface area contributed by atoms with Gasteiger partial charge in [-0.25, -0.2) is 8.42 Å². The molecule has 0 N–H and O–H groups in total. The summed E-state index contributed by atoms with van der Waals surface area (Å²) in [5.41, 5.74) is 0.235. The molecule has 1 heterocycles. The van der Waals surface area contributed by atoms with E-state index in [4.69, 9.17) is 23.2 Å². The van der Waals surface area contributed by atoms with E-state index in [-0.39, 0.29) is 29.6 Å². The standard InChI is InChI=1S/C26H24Cl2F3N3O3S/c27-23-10-9-19(15-24(23)28)17-34(38(36,37)22-7-2-1-3-8-22)18-25(35)33-13-11-32(12-14-33)21-6-4-5-20(16-21)26(29,30)31/h1-10,15-16H,11-14,17-18H2. The zero-order valence-electron chi connectivity index (χ0n) is 20.0. The zero-order valence-corrected chi connectivity index (χ0v) is 22.4. The summed E-state index contributed by atoms with van der Waals surface area (Å²) in [5, 5.41) is 0.584. The number of anilines is 1. The van der Waals surface area contributed by atoms with Crippen LogP contribution in [0.2, 0.25) is 10.0 Å². The smallest absolute Gasteiger partial charge is 0.368 e. The van der Waals surface area contributed by atoms with Gasteiger partial charge in [0.25, 0.3) is 0 Å². The summed E-state index contributed by atoms with van der Waals surface area (Å²) in [7, 11) is -4.04. The average molecular weight is 586 g/mol. The van der Waals surface area contributed by atoms with Gasteiger partial charge in [0.15, 0.2) is 0 Å². The molecule has 0 atom stereocenters. The molecule has 0 unspecified atom stereocenters. The second kappa shape index (κ2) is 11.5. The van der Waals surface area contributed by atoms with Gasteiger partial charge in [-0.1, -0.05) is 53.5 Å². The zero-order chi connectivity index (χ0) is 27.5. The normalized spacial score (nSPS) is 14.7. The van der Waals surface area contributed by atoms with Crippen molar-refractivity contribution in [2.45, 2.75) is 17.6 Å². The molecule has 1 saturated heterocycles. The van der Waals surface area contributed by atoms with E-state index in [1.54, 1.807) is 47.4 Å². The van der Waals surface area contributed by atoms with Crippen LogP contribution in [0, 0.1) is 0 Å². The fraction of sp³-hybridized carbons (Fsp3) is 0.269. The number of rotatable bonds is 7. The van der Waals surface area contributed by atoms with Crippen LogP contribution in [0.25, 0.3) is 0 Å². The Morgan fingerprint density at radius 1 is 0.868 bits per heavy atom. The van der Waals surface area contributed by atoms with Crippen molar-refractivity contribution in [2.24, 2.45) is 0 Å². The molecule has 1 aliphatic rings. The highest BCUT2D eigenvalue weighted by Crippen LogP contribution is 2.32. The summed E-state index contributed by atoms with van der Waals surface area (Å²) in [6.45, 7) is 0.573. The molecule has 0 radical (unpaired) electrons. The van der Waals surface area contributed by atoms with Crippen molar-refractivity contribution >= 4 is 44.8 Å². The lowest BCUT2D eigenvalue weighted by molar-refractivity contribution is -0.137. The first-order valence-corrected chi connectivity index (χ1v) is 13.8. The minimum Gasteiger partial charge on any atom is -0.368 e. The lowest BCUT2D eigenvalue weighted by atomic mass is 10.1. The van der Waals surface area contributed by atoms with Crippen LogP contribution in [0.3, 0.4) is 0 Å². The molecular formula is C26H24Cl2F3N3O3S. The Bertz CT molecular complexity index is 1400. The van der Waals surface area contributed by atoms with Gasteiger partial charge >= 0.3 is 6.18 Å². The quantitative estimate of drug-likeness (QED) is 0.364. The topological polar surface area (TPSA) is 60.9 Å². The Morgan fingerprint density at radius 3 is 2.18 bits per heavy atom. The first kappa shape index (κ1) is 28.2. The summed E-state index contributed by atoms with van der Waals surface area (Å²) < 4.78 is 67.3. The lowest BCUT2D eigenvalue weighted by Crippen LogP contribution is -2.51. The predicted octanol–water partition coefficient (Wildman–Crippen LogP) is 5.55. The molecule has 6 nitrogen and oxygen atoms in total. The highest BCUT2D eigenvalue weighted by molar-refractivity contribution is 7.89. The Morgan fingerprint density at radius 2 is 1.55 bits per heavy atom. The number of amides is 1. The Labute approximate surface area is 229 Å². The summed E-state index contributed by atoms with van der Waals surface area (Å²) in [4.78, 5) is 16.6. The maximum Gasteiger partial charge on any atom is 0.416 e. The maximum atomic E-state index is 13.5. The van der Waals surface area contributed by atoms with Crippen molar-refractivity contribution in [2.75, 3.05) is 37.6 Å². The monoisotopic (exact) mass is 585 g/mol. The van der Waals surface area contributed by atoms with E-state index in [1.165, 1.54) is 23.1 Å². The number of carbonyl (C=O) groups excluding carboxylic acids is 1. The van der Waals surface area contributed by atoms with E-state index in [0.717, 1.165) is 16.4 Å². The van der Waals surface area contributed by atoms with Gasteiger partial charge in [-0.05, 0) is 48.0 Å². The fourth-order valence-electron chi connectivity index (χ4n) is 4.15. The van der Waals surface area contributed by atoms with Gasteiger partial charge in [-0.3, -0.25) is 4.79 Å². The summed E-state index contributed by atoms with van der Waals surface area (Å²) >= 11 is 12.1. The molecule has 202 valence electrons. The molecule has 3 aromatic rings. The molecule has 3 aromatic carbocycles. The number of benzene rings is 3. The van der Waals surface area contributed by atoms with E-state index in [2.05, 4.69) is 0 Å². The highest BCUT2D eigenvalue weighted by Gasteiger charge is 2.32. The van der Waals surface area contributed by atoms with E-state index < -0.39 is 34.2 Å². The van der Waals surface area contributed by atoms with Crippen LogP contribution in [-0.2, 0) is 27.5 Å². The van der Waals surface area contributed by atoms with E-state index in [1.807, 2.05) is 0 Å². The molecule has 4 rings (SSSR count). The number of sulfonamides is 1. The summed E-state index contributed by atoms with van der Waals surface area (Å²) in [6, 6.07) is 17.6. The predicted molar refractivity (Wildman–Crippen MR) is 141 cm³/mol. The summed E-state index contributed by atoms with van der Waals surface area (Å²) in [6.07, 6.45) is -4.45. The van der Waals surface area contributed by atoms with Crippen LogP contribution in [0.5, 0.6) is 0 Å². The largest absolute Gasteiger partial charge is 0.416 e. The van der Waals surface area contributed by atoms with E-state index in [0.29, 0.717) is 29.4 Å². The molecular weight excluding hydrogens is 562 g/mol. The molecule has 0 aromatic heterocycles. The minimum atomic E-state index is -4.45. The number of alkyl halides is 3. The third kappa shape index (κ3) is 6.61. The molecule has 0 bridgehead atoms. The molecule has 38 heavy (non-hydrogen) atoms. The van der Waals surface area contributed by atoms with Crippen LogP contribution in [0.4, 0.5) is 18.9 Å². The van der Waals surface area contributed by atoms with Gasteiger partial charge in [0.2, 0.25) is 15.9 Å². The second-order valence-electron chi connectivity index (χ2n) is 8.75. The van der Waals surface area contributed by atoms with Crippen molar-refractivity contribution in [1.29, 1.82) is 0 Å². The van der Waals surface area contributed by atoms with Gasteiger partial charge in [-0.2, -0.15) is 17.5 Å². The van der Waals surface area contributed by atoms with Crippen molar-refractivity contribution < 1.29 is 26.4 Å². The molecule has 12 heteroatoms. The van der Waals surface area contributed by atoms with Gasteiger partial charge in [0, 0.05) is 38.4 Å². The second-order valence-corrected chi connectivity index (χ2v) is 11.5. The molecule has 0 saturated carbocycles. The molecule has 0 spiro atoms. The van der Waals surface area contributed by atoms with E-state index >= 15 is 0 Å². The van der Waals surface area contributed by atoms with Gasteiger partial charge < -0.3 is 9.80 Å². The van der Waals surface area contributed by atoms with Crippen molar-refractivity contribution in [3.05, 3.63) is 94.0 Å².